The van der Waals surface area contributed by atoms with Gasteiger partial charge in [0.2, 0.25) is 0 Å². The molecule has 2 nitrogen and oxygen atoms in total. The molecule has 0 fully saturated rings. The SMILES string of the molecule is CC1(C(F)(F)F)Cc2ccccc2OC1=O. The van der Waals surface area contributed by atoms with Gasteiger partial charge in [-0.1, -0.05) is 18.2 Å². The third kappa shape index (κ3) is 1.47. The van der Waals surface area contributed by atoms with Crippen LogP contribution in [0.4, 0.5) is 13.2 Å². The second-order valence-corrected chi connectivity index (χ2v) is 4.00. The number of hydrogen-bond donors (Lipinski definition) is 0. The molecule has 1 aliphatic heterocycles. The van der Waals surface area contributed by atoms with E-state index in [2.05, 4.69) is 0 Å². The average molecular weight is 230 g/mol. The molecule has 0 saturated heterocycles. The van der Waals surface area contributed by atoms with Gasteiger partial charge < -0.3 is 4.74 Å². The van der Waals surface area contributed by atoms with Crippen LogP contribution in [0, 0.1) is 5.41 Å². The summed E-state index contributed by atoms with van der Waals surface area (Å²) in [4.78, 5) is 11.4. The molecule has 1 aromatic rings. The lowest BCUT2D eigenvalue weighted by molar-refractivity contribution is -0.226. The van der Waals surface area contributed by atoms with Crippen LogP contribution in [0.5, 0.6) is 5.75 Å². The molecule has 0 spiro atoms. The fourth-order valence-electron chi connectivity index (χ4n) is 1.63. The molecule has 0 saturated carbocycles. The molecule has 0 aliphatic carbocycles. The zero-order chi connectivity index (χ0) is 12.0. The monoisotopic (exact) mass is 230 g/mol. The number of fused-ring (bicyclic) bond motifs is 1. The van der Waals surface area contributed by atoms with Crippen molar-refractivity contribution in [3.05, 3.63) is 29.8 Å². The van der Waals surface area contributed by atoms with Gasteiger partial charge >= 0.3 is 12.1 Å². The Morgan fingerprint density at radius 3 is 2.56 bits per heavy atom. The smallest absolute Gasteiger partial charge is 0.404 e. The second kappa shape index (κ2) is 3.23. The van der Waals surface area contributed by atoms with Crippen molar-refractivity contribution in [1.82, 2.24) is 0 Å². The number of carbonyl (C=O) groups is 1. The largest absolute Gasteiger partial charge is 0.426 e. The lowest BCUT2D eigenvalue weighted by atomic mass is 9.81. The minimum absolute atomic E-state index is 0.217. The Morgan fingerprint density at radius 2 is 1.94 bits per heavy atom. The van der Waals surface area contributed by atoms with Crippen LogP contribution in [0.2, 0.25) is 0 Å². The van der Waals surface area contributed by atoms with E-state index in [9.17, 15) is 18.0 Å². The fraction of sp³-hybridized carbons (Fsp3) is 0.364. The van der Waals surface area contributed by atoms with Crippen molar-refractivity contribution in [2.24, 2.45) is 5.41 Å². The molecule has 2 rings (SSSR count). The van der Waals surface area contributed by atoms with Crippen molar-refractivity contribution < 1.29 is 22.7 Å². The third-order valence-corrected chi connectivity index (χ3v) is 2.80. The molecule has 1 unspecified atom stereocenters. The number of ether oxygens (including phenoxy) is 1. The van der Waals surface area contributed by atoms with E-state index in [1.807, 2.05) is 0 Å². The van der Waals surface area contributed by atoms with Crippen LogP contribution in [-0.4, -0.2) is 12.1 Å². The van der Waals surface area contributed by atoms with Crippen molar-refractivity contribution in [3.8, 4) is 5.75 Å². The molecule has 0 bridgehead atoms. The van der Waals surface area contributed by atoms with E-state index in [4.69, 9.17) is 4.74 Å². The highest BCUT2D eigenvalue weighted by Crippen LogP contribution is 2.46. The van der Waals surface area contributed by atoms with Gasteiger partial charge in [0, 0.05) is 6.42 Å². The first-order valence-electron chi connectivity index (χ1n) is 4.71. The summed E-state index contributed by atoms with van der Waals surface area (Å²) in [6, 6.07) is 6.26. The van der Waals surface area contributed by atoms with Crippen molar-refractivity contribution in [2.45, 2.75) is 19.5 Å². The number of alkyl halides is 3. The Bertz CT molecular complexity index is 439. The van der Waals surface area contributed by atoms with Crippen LogP contribution in [0.25, 0.3) is 0 Å². The molecule has 1 aromatic carbocycles. The molecule has 5 heteroatoms. The van der Waals surface area contributed by atoms with Gasteiger partial charge in [-0.05, 0) is 18.6 Å². The number of carbonyl (C=O) groups excluding carboxylic acids is 1. The Balaban J connectivity index is 2.46. The first kappa shape index (κ1) is 11.0. The lowest BCUT2D eigenvalue weighted by Gasteiger charge is -2.33. The summed E-state index contributed by atoms with van der Waals surface area (Å²) in [5, 5.41) is 0. The molecule has 1 heterocycles. The van der Waals surface area contributed by atoms with Crippen molar-refractivity contribution in [3.63, 3.8) is 0 Å². The molecule has 86 valence electrons. The summed E-state index contributed by atoms with van der Waals surface area (Å²) in [5.41, 5.74) is -2.04. The van der Waals surface area contributed by atoms with E-state index in [0.29, 0.717) is 5.56 Å². The highest BCUT2D eigenvalue weighted by Gasteiger charge is 2.59. The maximum atomic E-state index is 12.8. The predicted molar refractivity (Wildman–Crippen MR) is 49.9 cm³/mol. The van der Waals surface area contributed by atoms with Crippen LogP contribution < -0.4 is 4.74 Å². The molecule has 0 N–H and O–H groups in total. The molecule has 0 amide bonds. The van der Waals surface area contributed by atoms with E-state index in [0.717, 1.165) is 6.92 Å². The van der Waals surface area contributed by atoms with Gasteiger partial charge in [-0.2, -0.15) is 13.2 Å². The number of halogens is 3. The molecular formula is C11H9F3O2. The van der Waals surface area contributed by atoms with E-state index in [1.54, 1.807) is 12.1 Å². The van der Waals surface area contributed by atoms with Crippen LogP contribution in [0.3, 0.4) is 0 Å². The standard InChI is InChI=1S/C11H9F3O2/c1-10(11(12,13)14)6-7-4-2-3-5-8(7)16-9(10)15/h2-5H,6H2,1H3. The Labute approximate surface area is 90.0 Å². The van der Waals surface area contributed by atoms with Crippen LogP contribution in [0.1, 0.15) is 12.5 Å². The number of rotatable bonds is 0. The number of hydrogen-bond acceptors (Lipinski definition) is 2. The maximum absolute atomic E-state index is 12.8. The molecule has 1 aliphatic rings. The molecule has 16 heavy (non-hydrogen) atoms. The normalized spacial score (nSPS) is 24.9. The summed E-state index contributed by atoms with van der Waals surface area (Å²) in [5.74, 6) is -1.02. The first-order valence-corrected chi connectivity index (χ1v) is 4.71. The maximum Gasteiger partial charge on any atom is 0.404 e. The van der Waals surface area contributed by atoms with Crippen LogP contribution in [-0.2, 0) is 11.2 Å². The number of para-hydroxylation sites is 1. The summed E-state index contributed by atoms with van der Waals surface area (Å²) in [7, 11) is 0. The lowest BCUT2D eigenvalue weighted by Crippen LogP contribution is -2.48. The zero-order valence-corrected chi connectivity index (χ0v) is 8.47. The van der Waals surface area contributed by atoms with Crippen molar-refractivity contribution >= 4 is 5.97 Å². The zero-order valence-electron chi connectivity index (χ0n) is 8.47. The summed E-state index contributed by atoms with van der Waals surface area (Å²) in [6.45, 7) is 0.866. The third-order valence-electron chi connectivity index (χ3n) is 2.80. The van der Waals surface area contributed by atoms with Gasteiger partial charge in [0.15, 0.2) is 5.41 Å². The number of esters is 1. The van der Waals surface area contributed by atoms with E-state index >= 15 is 0 Å². The van der Waals surface area contributed by atoms with Gasteiger partial charge in [-0.25, -0.2) is 0 Å². The highest BCUT2D eigenvalue weighted by atomic mass is 19.4. The van der Waals surface area contributed by atoms with Gasteiger partial charge in [0.1, 0.15) is 5.75 Å². The van der Waals surface area contributed by atoms with E-state index < -0.39 is 17.6 Å². The highest BCUT2D eigenvalue weighted by molar-refractivity contribution is 5.82. The summed E-state index contributed by atoms with van der Waals surface area (Å²) >= 11 is 0. The minimum Gasteiger partial charge on any atom is -0.426 e. The number of benzene rings is 1. The Kier molecular flexibility index (Phi) is 2.22. The Morgan fingerprint density at radius 1 is 1.31 bits per heavy atom. The molecule has 1 atom stereocenters. The Hall–Kier alpha value is -1.52. The van der Waals surface area contributed by atoms with Crippen LogP contribution in [0.15, 0.2) is 24.3 Å². The predicted octanol–water partition coefficient (Wildman–Crippen LogP) is 2.72. The first-order chi connectivity index (χ1) is 7.34. The molecule has 0 aromatic heterocycles. The van der Waals surface area contributed by atoms with Crippen molar-refractivity contribution in [1.29, 1.82) is 0 Å². The van der Waals surface area contributed by atoms with E-state index in [-0.39, 0.29) is 12.2 Å². The van der Waals surface area contributed by atoms with Gasteiger partial charge in [-0.15, -0.1) is 0 Å². The van der Waals surface area contributed by atoms with Gasteiger partial charge in [0.25, 0.3) is 0 Å². The molecular weight excluding hydrogens is 221 g/mol. The van der Waals surface area contributed by atoms with Crippen LogP contribution >= 0.6 is 0 Å². The molecule has 0 radical (unpaired) electrons. The summed E-state index contributed by atoms with van der Waals surface area (Å²) in [6.07, 6.45) is -4.97. The van der Waals surface area contributed by atoms with Gasteiger partial charge in [-0.3, -0.25) is 4.79 Å². The topological polar surface area (TPSA) is 26.3 Å². The summed E-state index contributed by atoms with van der Waals surface area (Å²) < 4.78 is 43.0. The average Bonchev–Trinajstić information content (AvgIpc) is 2.18. The minimum atomic E-state index is -4.60. The van der Waals surface area contributed by atoms with Gasteiger partial charge in [0.05, 0.1) is 0 Å². The van der Waals surface area contributed by atoms with Crippen molar-refractivity contribution in [2.75, 3.05) is 0 Å². The second-order valence-electron chi connectivity index (χ2n) is 4.00. The fourth-order valence-corrected chi connectivity index (χ4v) is 1.63. The van der Waals surface area contributed by atoms with E-state index in [1.165, 1.54) is 12.1 Å². The quantitative estimate of drug-likeness (QED) is 0.506.